The number of aliphatic imine (C=N–C) groups is 1. The van der Waals surface area contributed by atoms with Crippen LogP contribution in [0.2, 0.25) is 0 Å². The molecule has 4 rings (SSSR count). The molecule has 1 aromatic carbocycles. The largest absolute Gasteiger partial charge is 0.356 e. The highest BCUT2D eigenvalue weighted by Crippen LogP contribution is 2.26. The van der Waals surface area contributed by atoms with Gasteiger partial charge in [0.15, 0.2) is 5.96 Å². The average molecular weight is 426 g/mol. The summed E-state index contributed by atoms with van der Waals surface area (Å²) < 4.78 is 0. The number of hydrogen-bond donors (Lipinski definition) is 2. The van der Waals surface area contributed by atoms with Gasteiger partial charge in [-0.1, -0.05) is 43.5 Å². The van der Waals surface area contributed by atoms with Gasteiger partial charge in [0.2, 0.25) is 5.91 Å². The van der Waals surface area contributed by atoms with Crippen molar-refractivity contribution in [2.24, 2.45) is 10.9 Å². The van der Waals surface area contributed by atoms with Gasteiger partial charge in [-0.2, -0.15) is 0 Å². The summed E-state index contributed by atoms with van der Waals surface area (Å²) in [5.41, 5.74) is 2.99. The third kappa shape index (κ3) is 6.00. The summed E-state index contributed by atoms with van der Waals surface area (Å²) in [6.45, 7) is 5.91. The lowest BCUT2D eigenvalue weighted by molar-refractivity contribution is -0.135. The van der Waals surface area contributed by atoms with Crippen LogP contribution < -0.4 is 10.6 Å². The van der Waals surface area contributed by atoms with E-state index in [0.29, 0.717) is 11.9 Å². The summed E-state index contributed by atoms with van der Waals surface area (Å²) in [7, 11) is 1.83. The number of nitrogens with one attached hydrogen (secondary N) is 2. The molecule has 2 N–H and O–H groups in total. The van der Waals surface area contributed by atoms with Crippen molar-refractivity contribution in [3.05, 3.63) is 35.4 Å². The number of hydrogen-bond acceptors (Lipinski definition) is 3. The Bertz CT molecular complexity index is 758. The van der Waals surface area contributed by atoms with E-state index in [9.17, 15) is 4.79 Å². The van der Waals surface area contributed by atoms with Gasteiger partial charge in [0.25, 0.3) is 0 Å². The molecule has 1 aliphatic carbocycles. The van der Waals surface area contributed by atoms with Crippen LogP contribution in [0, 0.1) is 5.92 Å². The summed E-state index contributed by atoms with van der Waals surface area (Å²) in [5.74, 6) is 1.52. The van der Waals surface area contributed by atoms with Crippen LogP contribution in [0.3, 0.4) is 0 Å². The van der Waals surface area contributed by atoms with E-state index in [1.807, 2.05) is 7.05 Å². The van der Waals surface area contributed by atoms with Crippen molar-refractivity contribution in [3.63, 3.8) is 0 Å². The minimum atomic E-state index is 0.270. The van der Waals surface area contributed by atoms with Crippen molar-refractivity contribution >= 4 is 11.9 Å². The fraction of sp³-hybridized carbons (Fsp3) is 0.680. The predicted molar refractivity (Wildman–Crippen MR) is 126 cm³/mol. The molecule has 0 aromatic heterocycles. The second-order valence-electron chi connectivity index (χ2n) is 9.40. The van der Waals surface area contributed by atoms with E-state index < -0.39 is 0 Å². The first kappa shape index (κ1) is 22.1. The molecule has 1 amide bonds. The number of fused-ring (bicyclic) bond motifs is 1. The highest BCUT2D eigenvalue weighted by molar-refractivity contribution is 5.81. The third-order valence-electron chi connectivity index (χ3n) is 7.17. The first-order valence-electron chi connectivity index (χ1n) is 12.3. The van der Waals surface area contributed by atoms with Crippen LogP contribution in [-0.2, 0) is 17.8 Å². The van der Waals surface area contributed by atoms with E-state index in [-0.39, 0.29) is 5.92 Å². The van der Waals surface area contributed by atoms with Crippen LogP contribution >= 0.6 is 0 Å². The SMILES string of the molecule is CN=C(NCCCN1CCc2ccccc2C1)NC1CCN(C(=O)C2CCCCC2)C1. The first-order chi connectivity index (χ1) is 15.2. The van der Waals surface area contributed by atoms with Crippen molar-refractivity contribution in [1.29, 1.82) is 0 Å². The number of guanidine groups is 1. The molecular formula is C25H39N5O. The molecule has 170 valence electrons. The summed E-state index contributed by atoms with van der Waals surface area (Å²) in [4.78, 5) is 21.8. The maximum atomic E-state index is 12.8. The molecule has 1 atom stereocenters. The van der Waals surface area contributed by atoms with Crippen LogP contribution in [0.4, 0.5) is 0 Å². The lowest BCUT2D eigenvalue weighted by atomic mass is 9.88. The smallest absolute Gasteiger partial charge is 0.225 e. The van der Waals surface area contributed by atoms with Crippen LogP contribution in [0.5, 0.6) is 0 Å². The van der Waals surface area contributed by atoms with Gasteiger partial charge in [0.1, 0.15) is 0 Å². The van der Waals surface area contributed by atoms with E-state index in [4.69, 9.17) is 0 Å². The van der Waals surface area contributed by atoms with Crippen molar-refractivity contribution in [3.8, 4) is 0 Å². The van der Waals surface area contributed by atoms with Gasteiger partial charge in [0, 0.05) is 58.3 Å². The van der Waals surface area contributed by atoms with Crippen molar-refractivity contribution in [2.45, 2.75) is 64.0 Å². The number of benzene rings is 1. The standard InChI is InChI=1S/C25H39N5O/c1-26-25(27-14-7-15-29-16-12-20-8-5-6-11-22(20)18-29)28-23-13-17-30(19-23)24(31)21-9-3-2-4-10-21/h5-6,8,11,21,23H,2-4,7,9-10,12-19H2,1H3,(H2,26,27,28). The highest BCUT2D eigenvalue weighted by Gasteiger charge is 2.31. The monoisotopic (exact) mass is 425 g/mol. The summed E-state index contributed by atoms with van der Waals surface area (Å²) in [6, 6.07) is 9.11. The van der Waals surface area contributed by atoms with Crippen molar-refractivity contribution < 1.29 is 4.79 Å². The maximum Gasteiger partial charge on any atom is 0.225 e. The molecule has 1 aromatic rings. The number of likely N-dealkylation sites (tertiary alicyclic amines) is 1. The lowest BCUT2D eigenvalue weighted by Gasteiger charge is -2.28. The number of amides is 1. The molecule has 31 heavy (non-hydrogen) atoms. The van der Waals surface area contributed by atoms with E-state index in [1.165, 1.54) is 30.4 Å². The zero-order chi connectivity index (χ0) is 21.5. The molecule has 6 nitrogen and oxygen atoms in total. The summed E-state index contributed by atoms with van der Waals surface area (Å²) in [5, 5.41) is 7.01. The van der Waals surface area contributed by atoms with Crippen LogP contribution in [0.15, 0.2) is 29.3 Å². The lowest BCUT2D eigenvalue weighted by Crippen LogP contribution is -2.46. The zero-order valence-corrected chi connectivity index (χ0v) is 19.1. The fourth-order valence-electron chi connectivity index (χ4n) is 5.33. The molecule has 0 spiro atoms. The molecular weight excluding hydrogens is 386 g/mol. The Kier molecular flexibility index (Phi) is 7.84. The fourth-order valence-corrected chi connectivity index (χ4v) is 5.33. The quantitative estimate of drug-likeness (QED) is 0.418. The van der Waals surface area contributed by atoms with E-state index >= 15 is 0 Å². The Hall–Kier alpha value is -2.08. The molecule has 1 saturated heterocycles. The topological polar surface area (TPSA) is 60.0 Å². The second kappa shape index (κ2) is 11.0. The Morgan fingerprint density at radius 1 is 1.10 bits per heavy atom. The van der Waals surface area contributed by atoms with Crippen LogP contribution in [0.25, 0.3) is 0 Å². The number of nitrogens with zero attached hydrogens (tertiary/aromatic N) is 3. The normalized spacial score (nSPS) is 22.9. The van der Waals surface area contributed by atoms with E-state index in [0.717, 1.165) is 77.3 Å². The number of rotatable bonds is 6. The van der Waals surface area contributed by atoms with Gasteiger partial charge in [-0.05, 0) is 43.2 Å². The zero-order valence-electron chi connectivity index (χ0n) is 19.1. The minimum Gasteiger partial charge on any atom is -0.356 e. The molecule has 0 bridgehead atoms. The van der Waals surface area contributed by atoms with E-state index in [2.05, 4.69) is 49.7 Å². The molecule has 0 radical (unpaired) electrons. The Morgan fingerprint density at radius 2 is 1.90 bits per heavy atom. The van der Waals surface area contributed by atoms with E-state index in [1.54, 1.807) is 0 Å². The van der Waals surface area contributed by atoms with Crippen LogP contribution in [0.1, 0.15) is 56.1 Å². The maximum absolute atomic E-state index is 12.8. The van der Waals surface area contributed by atoms with Gasteiger partial charge in [-0.15, -0.1) is 0 Å². The van der Waals surface area contributed by atoms with Gasteiger partial charge < -0.3 is 15.5 Å². The molecule has 2 fully saturated rings. The predicted octanol–water partition coefficient (Wildman–Crippen LogP) is 2.78. The molecule has 3 aliphatic rings. The molecule has 2 heterocycles. The van der Waals surface area contributed by atoms with Crippen LogP contribution in [-0.4, -0.2) is 67.5 Å². The number of carbonyl (C=O) groups excluding carboxylic acids is 1. The van der Waals surface area contributed by atoms with Crippen molar-refractivity contribution in [1.82, 2.24) is 20.4 Å². The van der Waals surface area contributed by atoms with Gasteiger partial charge in [0.05, 0.1) is 0 Å². The summed E-state index contributed by atoms with van der Waals surface area (Å²) in [6.07, 6.45) is 9.15. The third-order valence-corrected chi connectivity index (χ3v) is 7.17. The second-order valence-corrected chi connectivity index (χ2v) is 9.40. The average Bonchev–Trinajstić information content (AvgIpc) is 3.29. The highest BCUT2D eigenvalue weighted by atomic mass is 16.2. The summed E-state index contributed by atoms with van der Waals surface area (Å²) >= 11 is 0. The molecule has 6 heteroatoms. The van der Waals surface area contributed by atoms with Gasteiger partial charge >= 0.3 is 0 Å². The molecule has 1 saturated carbocycles. The van der Waals surface area contributed by atoms with Crippen molar-refractivity contribution in [2.75, 3.05) is 39.8 Å². The first-order valence-corrected chi connectivity index (χ1v) is 12.3. The van der Waals surface area contributed by atoms with Gasteiger partial charge in [-0.25, -0.2) is 0 Å². The Labute approximate surface area is 187 Å². The van der Waals surface area contributed by atoms with Gasteiger partial charge in [-0.3, -0.25) is 14.7 Å². The Balaban J connectivity index is 1.14. The molecule has 1 unspecified atom stereocenters. The number of carbonyl (C=O) groups is 1. The minimum absolute atomic E-state index is 0.270. The Morgan fingerprint density at radius 3 is 2.71 bits per heavy atom. The molecule has 2 aliphatic heterocycles.